The van der Waals surface area contributed by atoms with Gasteiger partial charge >= 0.3 is 0 Å². The van der Waals surface area contributed by atoms with Crippen LogP contribution in [0.15, 0.2) is 12.2 Å². The zero-order chi connectivity index (χ0) is 5.54. The maximum absolute atomic E-state index is 2.18. The molecule has 7 heavy (non-hydrogen) atoms. The van der Waals surface area contributed by atoms with Gasteiger partial charge in [-0.25, -0.2) is 0 Å². The van der Waals surface area contributed by atoms with E-state index in [-0.39, 0.29) is 0 Å². The minimum absolute atomic E-state index is 1.21. The lowest BCUT2D eigenvalue weighted by atomic mass is 10.2. The van der Waals surface area contributed by atoms with E-state index >= 15 is 0 Å². The van der Waals surface area contributed by atoms with E-state index in [0.29, 0.717) is 0 Å². The van der Waals surface area contributed by atoms with Crippen molar-refractivity contribution in [2.24, 2.45) is 0 Å². The second kappa shape index (κ2) is 5.74. The molecule has 0 spiro atoms. The molecule has 0 rings (SSSR count). The molecule has 0 heteroatoms. The van der Waals surface area contributed by atoms with Gasteiger partial charge in [0.2, 0.25) is 0 Å². The molecule has 0 aromatic heterocycles. The fourth-order valence-corrected chi connectivity index (χ4v) is 0.399. The van der Waals surface area contributed by atoms with Crippen molar-refractivity contribution in [2.45, 2.75) is 26.7 Å². The van der Waals surface area contributed by atoms with Gasteiger partial charge in [0.25, 0.3) is 0 Å². The minimum Gasteiger partial charge on any atom is -0.0914 e. The predicted octanol–water partition coefficient (Wildman–Crippen LogP) is 2.57. The fourth-order valence-electron chi connectivity index (χ4n) is 0.399. The molecule has 0 N–H and O–H groups in total. The fraction of sp³-hybridized carbons (Fsp3) is 0.571. The van der Waals surface area contributed by atoms with Gasteiger partial charge in [-0.3, -0.25) is 0 Å². The molecule has 0 aliphatic carbocycles. The van der Waals surface area contributed by atoms with E-state index in [9.17, 15) is 0 Å². The Morgan fingerprint density at radius 3 is 2.57 bits per heavy atom. The molecule has 0 atom stereocenters. The van der Waals surface area contributed by atoms with Crippen molar-refractivity contribution < 1.29 is 0 Å². The molecule has 0 heterocycles. The van der Waals surface area contributed by atoms with Crippen LogP contribution in [0.5, 0.6) is 0 Å². The molecule has 0 amide bonds. The molecule has 0 fully saturated rings. The minimum atomic E-state index is 1.21. The summed E-state index contributed by atoms with van der Waals surface area (Å²) in [6.07, 6.45) is 8.79. The smallest absolute Gasteiger partial charge is 0.0171 e. The first-order chi connectivity index (χ1) is 3.41. The molecule has 0 unspecified atom stereocenters. The van der Waals surface area contributed by atoms with Gasteiger partial charge in [0.1, 0.15) is 0 Å². The van der Waals surface area contributed by atoms with E-state index in [1.165, 1.54) is 12.8 Å². The van der Waals surface area contributed by atoms with Gasteiger partial charge in [-0.15, -0.1) is 0 Å². The monoisotopic (exact) mass is 97.1 g/mol. The highest BCUT2D eigenvalue weighted by Gasteiger charge is 1.73. The summed E-state index contributed by atoms with van der Waals surface area (Å²) in [7, 11) is 0. The first-order valence-corrected chi connectivity index (χ1v) is 2.86. The molecule has 0 aromatic rings. The number of hydrogen-bond acceptors (Lipinski definition) is 0. The molecular formula is C7H13. The lowest BCUT2D eigenvalue weighted by Gasteiger charge is -1.83. The standard InChI is InChI=1S/C7H13/c1-3-5-7-6-4-2/h3,5,7H,4,6H2,1-2H3. The van der Waals surface area contributed by atoms with Crippen molar-refractivity contribution in [3.63, 3.8) is 0 Å². The molecule has 0 saturated heterocycles. The van der Waals surface area contributed by atoms with Crippen LogP contribution in [-0.4, -0.2) is 0 Å². The van der Waals surface area contributed by atoms with Crippen LogP contribution in [0.1, 0.15) is 26.7 Å². The molecule has 0 saturated carbocycles. The molecule has 0 bridgehead atoms. The van der Waals surface area contributed by atoms with E-state index in [2.05, 4.69) is 25.5 Å². The first kappa shape index (κ1) is 6.74. The summed E-state index contributed by atoms with van der Waals surface area (Å²) in [4.78, 5) is 0. The Morgan fingerprint density at radius 1 is 1.43 bits per heavy atom. The number of allylic oxidation sites excluding steroid dienone is 2. The lowest BCUT2D eigenvalue weighted by Crippen LogP contribution is -1.65. The van der Waals surface area contributed by atoms with E-state index in [4.69, 9.17) is 0 Å². The normalized spacial score (nSPS) is 10.6. The SMILES string of the molecule is CC=C[CH]CCC. The van der Waals surface area contributed by atoms with Crippen LogP contribution >= 0.6 is 0 Å². The molecule has 1 radical (unpaired) electrons. The third kappa shape index (κ3) is 5.74. The number of rotatable bonds is 3. The van der Waals surface area contributed by atoms with E-state index in [1.54, 1.807) is 0 Å². The van der Waals surface area contributed by atoms with Crippen molar-refractivity contribution in [3.8, 4) is 0 Å². The third-order valence-corrected chi connectivity index (χ3v) is 0.784. The van der Waals surface area contributed by atoms with E-state index in [1.807, 2.05) is 6.92 Å². The summed E-state index contributed by atoms with van der Waals surface area (Å²) in [5.74, 6) is 0. The van der Waals surface area contributed by atoms with Gasteiger partial charge in [0.15, 0.2) is 0 Å². The maximum atomic E-state index is 2.18. The predicted molar refractivity (Wildman–Crippen MR) is 34.0 cm³/mol. The largest absolute Gasteiger partial charge is 0.0914 e. The van der Waals surface area contributed by atoms with Gasteiger partial charge in [0.05, 0.1) is 0 Å². The van der Waals surface area contributed by atoms with Crippen LogP contribution in [0.2, 0.25) is 0 Å². The highest BCUT2D eigenvalue weighted by atomic mass is 13.8. The Kier molecular flexibility index (Phi) is 5.53. The average Bonchev–Trinajstić information content (AvgIpc) is 1.69. The summed E-state index contributed by atoms with van der Waals surface area (Å²) in [5.41, 5.74) is 0. The summed E-state index contributed by atoms with van der Waals surface area (Å²) in [6.45, 7) is 4.21. The van der Waals surface area contributed by atoms with E-state index in [0.717, 1.165) is 0 Å². The Labute approximate surface area is 46.2 Å². The second-order valence-corrected chi connectivity index (χ2v) is 1.55. The van der Waals surface area contributed by atoms with Gasteiger partial charge in [-0.05, 0) is 19.8 Å². The molecule has 0 aliphatic rings. The highest BCUT2D eigenvalue weighted by molar-refractivity contribution is 4.91. The van der Waals surface area contributed by atoms with E-state index < -0.39 is 0 Å². The Balaban J connectivity index is 2.69. The number of unbranched alkanes of at least 4 members (excludes halogenated alkanes) is 2. The topological polar surface area (TPSA) is 0 Å². The zero-order valence-corrected chi connectivity index (χ0v) is 5.15. The van der Waals surface area contributed by atoms with Crippen LogP contribution in [-0.2, 0) is 0 Å². The van der Waals surface area contributed by atoms with Crippen molar-refractivity contribution in [3.05, 3.63) is 18.6 Å². The molecule has 0 aromatic carbocycles. The van der Waals surface area contributed by atoms with Crippen LogP contribution < -0.4 is 0 Å². The van der Waals surface area contributed by atoms with Crippen LogP contribution in [0.25, 0.3) is 0 Å². The number of hydrogen-bond donors (Lipinski definition) is 0. The molecule has 0 nitrogen and oxygen atoms in total. The molecule has 0 aliphatic heterocycles. The maximum Gasteiger partial charge on any atom is -0.0171 e. The van der Waals surface area contributed by atoms with Gasteiger partial charge in [-0.1, -0.05) is 25.5 Å². The zero-order valence-electron chi connectivity index (χ0n) is 5.15. The van der Waals surface area contributed by atoms with Crippen molar-refractivity contribution in [2.75, 3.05) is 0 Å². The first-order valence-electron chi connectivity index (χ1n) is 2.86. The van der Waals surface area contributed by atoms with Crippen molar-refractivity contribution in [1.82, 2.24) is 0 Å². The lowest BCUT2D eigenvalue weighted by molar-refractivity contribution is 0.922. The molecular weight excluding hydrogens is 84.1 g/mol. The van der Waals surface area contributed by atoms with Gasteiger partial charge in [0, 0.05) is 0 Å². The van der Waals surface area contributed by atoms with Gasteiger partial charge in [-0.2, -0.15) is 0 Å². The van der Waals surface area contributed by atoms with Crippen molar-refractivity contribution in [1.29, 1.82) is 0 Å². The second-order valence-electron chi connectivity index (χ2n) is 1.55. The Hall–Kier alpha value is -0.260. The molecule has 41 valence electrons. The average molecular weight is 97.2 g/mol. The summed E-state index contributed by atoms with van der Waals surface area (Å²) in [5, 5.41) is 0. The van der Waals surface area contributed by atoms with Crippen LogP contribution in [0.3, 0.4) is 0 Å². The summed E-state index contributed by atoms with van der Waals surface area (Å²) >= 11 is 0. The summed E-state index contributed by atoms with van der Waals surface area (Å²) in [6, 6.07) is 0. The summed E-state index contributed by atoms with van der Waals surface area (Å²) < 4.78 is 0. The third-order valence-electron chi connectivity index (χ3n) is 0.784. The van der Waals surface area contributed by atoms with Crippen molar-refractivity contribution >= 4 is 0 Å². The Morgan fingerprint density at radius 2 is 2.14 bits per heavy atom. The van der Waals surface area contributed by atoms with Crippen LogP contribution in [0.4, 0.5) is 0 Å². The van der Waals surface area contributed by atoms with Crippen LogP contribution in [0, 0.1) is 6.42 Å². The Bertz CT molecular complexity index is 44.0. The quantitative estimate of drug-likeness (QED) is 0.475. The van der Waals surface area contributed by atoms with Gasteiger partial charge < -0.3 is 0 Å². The highest BCUT2D eigenvalue weighted by Crippen LogP contribution is 1.91.